The van der Waals surface area contributed by atoms with Crippen molar-refractivity contribution < 1.29 is 0 Å². The van der Waals surface area contributed by atoms with E-state index in [4.69, 9.17) is 5.73 Å². The number of nitrogens with two attached hydrogens (primary N) is 1. The molecule has 7 rings (SSSR count). The Morgan fingerprint density at radius 3 is 2.18 bits per heavy atom. The number of benzene rings is 5. The predicted molar refractivity (Wildman–Crippen MR) is 140 cm³/mol. The second-order valence-corrected chi connectivity index (χ2v) is 9.69. The first-order chi connectivity index (χ1) is 16.0. The largest absolute Gasteiger partial charge is 0.399 e. The van der Waals surface area contributed by atoms with E-state index in [0.717, 1.165) is 5.69 Å². The van der Waals surface area contributed by atoms with E-state index in [0.29, 0.717) is 0 Å². The maximum atomic E-state index is 6.16. The number of hydrogen-bond acceptors (Lipinski definition) is 1. The van der Waals surface area contributed by atoms with Crippen molar-refractivity contribution in [3.63, 3.8) is 0 Å². The summed E-state index contributed by atoms with van der Waals surface area (Å²) >= 11 is 0. The van der Waals surface area contributed by atoms with E-state index in [1.165, 1.54) is 60.5 Å². The van der Waals surface area contributed by atoms with Crippen molar-refractivity contribution in [2.24, 2.45) is 0 Å². The molecule has 0 atom stereocenters. The molecular weight excluding hydrogens is 400 g/mol. The monoisotopic (exact) mass is 424 g/mol. The second-order valence-electron chi connectivity index (χ2n) is 9.69. The van der Waals surface area contributed by atoms with Gasteiger partial charge in [-0.2, -0.15) is 0 Å². The third-order valence-electron chi connectivity index (χ3n) is 7.50. The van der Waals surface area contributed by atoms with Crippen LogP contribution in [0.15, 0.2) is 97.1 Å². The van der Waals surface area contributed by atoms with Crippen molar-refractivity contribution in [3.05, 3.63) is 108 Å². The van der Waals surface area contributed by atoms with Crippen LogP contribution in [0.4, 0.5) is 5.69 Å². The highest BCUT2D eigenvalue weighted by atomic mass is 15.0. The Morgan fingerprint density at radius 1 is 0.636 bits per heavy atom. The van der Waals surface area contributed by atoms with Crippen molar-refractivity contribution >= 4 is 38.3 Å². The molecule has 1 aliphatic carbocycles. The van der Waals surface area contributed by atoms with Crippen LogP contribution in [0.2, 0.25) is 0 Å². The molecular formula is C31H24N2. The molecule has 1 aliphatic rings. The number of nitrogen functional groups attached to an aromatic ring is 1. The number of nitrogens with zero attached hydrogens (tertiary/aromatic N) is 1. The topological polar surface area (TPSA) is 30.9 Å². The van der Waals surface area contributed by atoms with Crippen molar-refractivity contribution in [2.75, 3.05) is 5.73 Å². The van der Waals surface area contributed by atoms with Gasteiger partial charge in [-0.15, -0.1) is 0 Å². The van der Waals surface area contributed by atoms with Crippen molar-refractivity contribution in [1.82, 2.24) is 4.57 Å². The lowest BCUT2D eigenvalue weighted by molar-refractivity contribution is 0.660. The fraction of sp³-hybridized carbons (Fsp3) is 0.0968. The quantitative estimate of drug-likeness (QED) is 0.268. The number of aromatic nitrogens is 1. The van der Waals surface area contributed by atoms with Gasteiger partial charge in [-0.05, 0) is 69.4 Å². The van der Waals surface area contributed by atoms with Crippen LogP contribution in [0, 0.1) is 0 Å². The first kappa shape index (κ1) is 18.5. The fourth-order valence-corrected chi connectivity index (χ4v) is 5.90. The van der Waals surface area contributed by atoms with Gasteiger partial charge in [0.15, 0.2) is 0 Å². The standard InChI is InChI=1S/C31H24N2/c1-31(2)26-17-20(32)12-14-23(26)24-15-13-21(18-27(24)31)33-28-10-6-5-9-25(28)30-22-8-4-3-7-19(22)11-16-29(30)33/h3-18H,32H2,1-2H3. The van der Waals surface area contributed by atoms with E-state index in [9.17, 15) is 0 Å². The van der Waals surface area contributed by atoms with Gasteiger partial charge >= 0.3 is 0 Å². The van der Waals surface area contributed by atoms with E-state index in [1.54, 1.807) is 0 Å². The normalized spacial score (nSPS) is 14.1. The molecule has 0 unspecified atom stereocenters. The fourth-order valence-electron chi connectivity index (χ4n) is 5.90. The molecule has 0 radical (unpaired) electrons. The van der Waals surface area contributed by atoms with Gasteiger partial charge in [0.1, 0.15) is 0 Å². The average Bonchev–Trinajstić information content (AvgIpc) is 3.28. The second kappa shape index (κ2) is 6.26. The van der Waals surface area contributed by atoms with Gasteiger partial charge in [0.05, 0.1) is 11.0 Å². The molecule has 0 aliphatic heterocycles. The number of anilines is 1. The summed E-state index contributed by atoms with van der Waals surface area (Å²) < 4.78 is 2.42. The van der Waals surface area contributed by atoms with Crippen LogP contribution < -0.4 is 5.73 Å². The van der Waals surface area contributed by atoms with E-state index in [2.05, 4.69) is 109 Å². The van der Waals surface area contributed by atoms with E-state index >= 15 is 0 Å². The minimum absolute atomic E-state index is 0.0957. The molecule has 0 spiro atoms. The SMILES string of the molecule is CC1(C)c2cc(N)ccc2-c2ccc(-n3c4ccccc4c4c5ccccc5ccc43)cc21. The molecule has 6 aromatic rings. The van der Waals surface area contributed by atoms with E-state index < -0.39 is 0 Å². The number of fused-ring (bicyclic) bond motifs is 8. The summed E-state index contributed by atoms with van der Waals surface area (Å²) in [5.41, 5.74) is 15.8. The maximum absolute atomic E-state index is 6.16. The molecule has 0 fully saturated rings. The zero-order valence-corrected chi connectivity index (χ0v) is 18.8. The maximum Gasteiger partial charge on any atom is 0.0547 e. The van der Waals surface area contributed by atoms with Gasteiger partial charge in [0.25, 0.3) is 0 Å². The molecule has 2 heteroatoms. The lowest BCUT2D eigenvalue weighted by Crippen LogP contribution is -2.15. The third-order valence-corrected chi connectivity index (χ3v) is 7.50. The molecule has 0 amide bonds. The third kappa shape index (κ3) is 2.38. The first-order valence-electron chi connectivity index (χ1n) is 11.5. The van der Waals surface area contributed by atoms with E-state index in [-0.39, 0.29) is 5.41 Å². The Bertz CT molecular complexity index is 1750. The molecule has 0 bridgehead atoms. The van der Waals surface area contributed by atoms with Crippen LogP contribution in [0.3, 0.4) is 0 Å². The summed E-state index contributed by atoms with van der Waals surface area (Å²) in [6.45, 7) is 4.61. The molecule has 33 heavy (non-hydrogen) atoms. The van der Waals surface area contributed by atoms with E-state index in [1.807, 2.05) is 6.07 Å². The summed E-state index contributed by atoms with van der Waals surface area (Å²) in [4.78, 5) is 0. The predicted octanol–water partition coefficient (Wildman–Crippen LogP) is 7.83. The van der Waals surface area contributed by atoms with Crippen LogP contribution in [-0.2, 0) is 5.41 Å². The smallest absolute Gasteiger partial charge is 0.0547 e. The van der Waals surface area contributed by atoms with Crippen LogP contribution >= 0.6 is 0 Å². The number of rotatable bonds is 1. The van der Waals surface area contributed by atoms with Crippen molar-refractivity contribution in [3.8, 4) is 16.8 Å². The molecule has 158 valence electrons. The van der Waals surface area contributed by atoms with Crippen LogP contribution in [0.1, 0.15) is 25.0 Å². The average molecular weight is 425 g/mol. The van der Waals surface area contributed by atoms with Gasteiger partial charge in [-0.1, -0.05) is 74.5 Å². The Labute approximate surface area is 192 Å². The summed E-state index contributed by atoms with van der Waals surface area (Å²) in [5.74, 6) is 0. The molecule has 2 nitrogen and oxygen atoms in total. The minimum atomic E-state index is -0.0957. The molecule has 2 N–H and O–H groups in total. The molecule has 1 aromatic heterocycles. The minimum Gasteiger partial charge on any atom is -0.399 e. The highest BCUT2D eigenvalue weighted by Gasteiger charge is 2.35. The van der Waals surface area contributed by atoms with Gasteiger partial charge in [-0.25, -0.2) is 0 Å². The van der Waals surface area contributed by atoms with Gasteiger partial charge in [0, 0.05) is 27.6 Å². The van der Waals surface area contributed by atoms with Crippen LogP contribution in [-0.4, -0.2) is 4.57 Å². The lowest BCUT2D eigenvalue weighted by Gasteiger charge is -2.22. The van der Waals surface area contributed by atoms with Crippen LogP contribution in [0.5, 0.6) is 0 Å². The molecule has 5 aromatic carbocycles. The van der Waals surface area contributed by atoms with Gasteiger partial charge in [-0.3, -0.25) is 0 Å². The Morgan fingerprint density at radius 2 is 1.33 bits per heavy atom. The number of hydrogen-bond donors (Lipinski definition) is 1. The molecule has 0 saturated heterocycles. The first-order valence-corrected chi connectivity index (χ1v) is 11.5. The summed E-state index contributed by atoms with van der Waals surface area (Å²) in [6.07, 6.45) is 0. The summed E-state index contributed by atoms with van der Waals surface area (Å²) in [6, 6.07) is 35.2. The van der Waals surface area contributed by atoms with Crippen molar-refractivity contribution in [1.29, 1.82) is 0 Å². The number of para-hydroxylation sites is 1. The Kier molecular flexibility index (Phi) is 3.52. The Balaban J connectivity index is 1.56. The highest BCUT2D eigenvalue weighted by molar-refractivity contribution is 6.21. The van der Waals surface area contributed by atoms with Gasteiger partial charge in [0.2, 0.25) is 0 Å². The van der Waals surface area contributed by atoms with Crippen molar-refractivity contribution in [2.45, 2.75) is 19.3 Å². The molecule has 1 heterocycles. The zero-order chi connectivity index (χ0) is 22.3. The summed E-state index contributed by atoms with van der Waals surface area (Å²) in [5, 5.41) is 5.19. The summed E-state index contributed by atoms with van der Waals surface area (Å²) in [7, 11) is 0. The Hall–Kier alpha value is -4.04. The highest BCUT2D eigenvalue weighted by Crippen LogP contribution is 2.50. The molecule has 0 saturated carbocycles. The zero-order valence-electron chi connectivity index (χ0n) is 18.8. The van der Waals surface area contributed by atoms with Crippen LogP contribution in [0.25, 0.3) is 49.4 Å². The van der Waals surface area contributed by atoms with Gasteiger partial charge < -0.3 is 10.3 Å². The lowest BCUT2D eigenvalue weighted by atomic mass is 9.82.